The average Bonchev–Trinajstić information content (AvgIpc) is 3.08. The molecule has 4 aliphatic rings. The van der Waals surface area contributed by atoms with Gasteiger partial charge in [-0.15, -0.1) is 0 Å². The molecule has 0 aromatic carbocycles. The molecule has 0 spiro atoms. The first-order valence-electron chi connectivity index (χ1n) is 14.2. The lowest BCUT2D eigenvalue weighted by Gasteiger charge is -2.59. The topological polar surface area (TPSA) is 72.8 Å². The van der Waals surface area contributed by atoms with Crippen LogP contribution in [0.4, 0.5) is 0 Å². The second-order valence-corrected chi connectivity index (χ2v) is 13.5. The summed E-state index contributed by atoms with van der Waals surface area (Å²) in [6, 6.07) is 0. The molecule has 0 amide bonds. The summed E-state index contributed by atoms with van der Waals surface area (Å²) < 4.78 is 11.7. The minimum Gasteiger partial charge on any atom is -0.462 e. The van der Waals surface area contributed by atoms with E-state index in [1.165, 1.54) is 25.3 Å². The summed E-state index contributed by atoms with van der Waals surface area (Å²) in [5.41, 5.74) is 0.685. The number of rotatable bonds is 7. The molecule has 5 heteroatoms. The van der Waals surface area contributed by atoms with E-state index in [9.17, 15) is 14.7 Å². The summed E-state index contributed by atoms with van der Waals surface area (Å²) in [5.74, 6) is 2.10. The van der Waals surface area contributed by atoms with E-state index in [1.54, 1.807) is 6.92 Å². The SMILES string of the molecule is CC(=O)O[C@H]1C=C[C@@]2(C)C(=CC[C@@H]3[C@@H]2[C@H](OC(C)=O)C[C@]2(C)[C@@H]([C@H](C)CCCC(C)(C)O)CC[C@@H]32)C1. The fourth-order valence-electron chi connectivity index (χ4n) is 8.97. The normalized spacial score (nSPS) is 40.4. The number of carbonyl (C=O) groups excluding carboxylic acids is 2. The Morgan fingerprint density at radius 1 is 1.17 bits per heavy atom. The Bertz CT molecular complexity index is 912. The number of allylic oxidation sites excluding steroid dienone is 2. The van der Waals surface area contributed by atoms with Crippen LogP contribution in [0.3, 0.4) is 0 Å². The molecule has 36 heavy (non-hydrogen) atoms. The van der Waals surface area contributed by atoms with Gasteiger partial charge in [-0.2, -0.15) is 0 Å². The van der Waals surface area contributed by atoms with Crippen molar-refractivity contribution < 1.29 is 24.2 Å². The van der Waals surface area contributed by atoms with E-state index < -0.39 is 5.60 Å². The molecule has 0 saturated heterocycles. The van der Waals surface area contributed by atoms with Crippen LogP contribution >= 0.6 is 0 Å². The lowest BCUT2D eigenvalue weighted by Crippen LogP contribution is -2.57. The minimum atomic E-state index is -0.607. The summed E-state index contributed by atoms with van der Waals surface area (Å²) in [6.07, 6.45) is 14.5. The molecule has 0 aliphatic heterocycles. The van der Waals surface area contributed by atoms with Crippen molar-refractivity contribution in [1.29, 1.82) is 0 Å². The fraction of sp³-hybridized carbons (Fsp3) is 0.806. The van der Waals surface area contributed by atoms with Crippen LogP contribution in [-0.2, 0) is 19.1 Å². The smallest absolute Gasteiger partial charge is 0.303 e. The highest BCUT2D eigenvalue weighted by molar-refractivity contribution is 5.67. The minimum absolute atomic E-state index is 0.110. The van der Waals surface area contributed by atoms with E-state index in [0.717, 1.165) is 38.5 Å². The molecule has 1 N–H and O–H groups in total. The van der Waals surface area contributed by atoms with Gasteiger partial charge in [-0.05, 0) is 81.1 Å². The van der Waals surface area contributed by atoms with Crippen molar-refractivity contribution in [3.05, 3.63) is 23.8 Å². The van der Waals surface area contributed by atoms with E-state index in [0.29, 0.717) is 23.7 Å². The Labute approximate surface area is 218 Å². The van der Waals surface area contributed by atoms with Gasteiger partial charge >= 0.3 is 11.9 Å². The van der Waals surface area contributed by atoms with Crippen molar-refractivity contribution in [3.8, 4) is 0 Å². The number of ether oxygens (including phenoxy) is 2. The van der Waals surface area contributed by atoms with E-state index in [-0.39, 0.29) is 40.9 Å². The zero-order chi connectivity index (χ0) is 26.5. The van der Waals surface area contributed by atoms with Crippen LogP contribution in [0.1, 0.15) is 99.8 Å². The van der Waals surface area contributed by atoms with Crippen molar-refractivity contribution in [2.75, 3.05) is 0 Å². The van der Waals surface area contributed by atoms with Crippen molar-refractivity contribution in [1.82, 2.24) is 0 Å². The Kier molecular flexibility index (Phi) is 7.56. The first kappa shape index (κ1) is 27.4. The zero-order valence-electron chi connectivity index (χ0n) is 23.5. The monoisotopic (exact) mass is 500 g/mol. The van der Waals surface area contributed by atoms with Crippen LogP contribution in [-0.4, -0.2) is 34.9 Å². The molecule has 0 aromatic rings. The highest BCUT2D eigenvalue weighted by Crippen LogP contribution is 2.67. The maximum absolute atomic E-state index is 12.3. The molecular formula is C31H48O5. The Morgan fingerprint density at radius 2 is 1.86 bits per heavy atom. The molecule has 4 rings (SSSR count). The van der Waals surface area contributed by atoms with Gasteiger partial charge in [0, 0.05) is 31.6 Å². The van der Waals surface area contributed by atoms with Crippen LogP contribution in [0.5, 0.6) is 0 Å². The van der Waals surface area contributed by atoms with Gasteiger partial charge in [-0.25, -0.2) is 0 Å². The summed E-state index contributed by atoms with van der Waals surface area (Å²) in [7, 11) is 0. The Balaban J connectivity index is 1.60. The van der Waals surface area contributed by atoms with E-state index >= 15 is 0 Å². The molecule has 202 valence electrons. The lowest BCUT2D eigenvalue weighted by atomic mass is 9.47. The first-order chi connectivity index (χ1) is 16.7. The second-order valence-electron chi connectivity index (χ2n) is 13.5. The third-order valence-corrected chi connectivity index (χ3v) is 10.4. The van der Waals surface area contributed by atoms with Gasteiger partial charge in [0.1, 0.15) is 12.2 Å². The molecule has 0 aromatic heterocycles. The van der Waals surface area contributed by atoms with Crippen molar-refractivity contribution in [2.45, 2.75) is 118 Å². The summed E-state index contributed by atoms with van der Waals surface area (Å²) in [5, 5.41) is 10.2. The predicted molar refractivity (Wildman–Crippen MR) is 141 cm³/mol. The zero-order valence-corrected chi connectivity index (χ0v) is 23.5. The number of fused-ring (bicyclic) bond motifs is 5. The van der Waals surface area contributed by atoms with Crippen molar-refractivity contribution in [2.24, 2.45) is 40.4 Å². The molecule has 9 atom stereocenters. The van der Waals surface area contributed by atoms with Gasteiger partial charge in [0.05, 0.1) is 5.60 Å². The van der Waals surface area contributed by atoms with Gasteiger partial charge < -0.3 is 14.6 Å². The molecule has 0 unspecified atom stereocenters. The van der Waals surface area contributed by atoms with Crippen LogP contribution in [0.2, 0.25) is 0 Å². The average molecular weight is 501 g/mol. The Morgan fingerprint density at radius 3 is 2.50 bits per heavy atom. The number of carbonyl (C=O) groups is 2. The van der Waals surface area contributed by atoms with Crippen LogP contribution in [0, 0.1) is 40.4 Å². The standard InChI is InChI=1S/C31H48O5/c1-19(9-8-15-29(4,5)34)25-12-13-26-24-11-10-22-17-23(35-20(2)32)14-16-30(22,6)28(24)27(36-21(3)33)18-31(25,26)7/h10,14,16,19,23-28,34H,8-9,11-13,15,17-18H2,1-7H3/t19-,23+,24+,25-,26+,27-,28-,30+,31-/m1/s1. The van der Waals surface area contributed by atoms with Gasteiger partial charge in [-0.3, -0.25) is 9.59 Å². The molecule has 0 bridgehead atoms. The maximum atomic E-state index is 12.3. The maximum Gasteiger partial charge on any atom is 0.303 e. The molecule has 0 radical (unpaired) electrons. The third-order valence-electron chi connectivity index (χ3n) is 10.4. The largest absolute Gasteiger partial charge is 0.462 e. The summed E-state index contributed by atoms with van der Waals surface area (Å²) >= 11 is 0. The van der Waals surface area contributed by atoms with Crippen molar-refractivity contribution >= 4 is 11.9 Å². The second kappa shape index (κ2) is 9.93. The first-order valence-corrected chi connectivity index (χ1v) is 14.2. The van der Waals surface area contributed by atoms with E-state index in [1.807, 2.05) is 13.8 Å². The van der Waals surface area contributed by atoms with E-state index in [4.69, 9.17) is 9.47 Å². The number of esters is 2. The third kappa shape index (κ3) is 5.19. The molecular weight excluding hydrogens is 452 g/mol. The molecule has 2 saturated carbocycles. The molecule has 0 heterocycles. The highest BCUT2D eigenvalue weighted by Gasteiger charge is 2.62. The Hall–Kier alpha value is -1.62. The van der Waals surface area contributed by atoms with Crippen LogP contribution in [0.25, 0.3) is 0 Å². The summed E-state index contributed by atoms with van der Waals surface area (Å²) in [6.45, 7) is 14.0. The van der Waals surface area contributed by atoms with Crippen molar-refractivity contribution in [3.63, 3.8) is 0 Å². The fourth-order valence-corrected chi connectivity index (χ4v) is 8.97. The molecule has 5 nitrogen and oxygen atoms in total. The molecule has 4 aliphatic carbocycles. The highest BCUT2D eigenvalue weighted by atomic mass is 16.5. The quantitative estimate of drug-likeness (QED) is 0.324. The molecule has 2 fully saturated rings. The van der Waals surface area contributed by atoms with Gasteiger partial charge in [0.15, 0.2) is 0 Å². The van der Waals surface area contributed by atoms with Crippen LogP contribution < -0.4 is 0 Å². The van der Waals surface area contributed by atoms with E-state index in [2.05, 4.69) is 39.0 Å². The number of hydrogen-bond donors (Lipinski definition) is 1. The van der Waals surface area contributed by atoms with Gasteiger partial charge in [0.2, 0.25) is 0 Å². The summed E-state index contributed by atoms with van der Waals surface area (Å²) in [4.78, 5) is 23.9. The number of aliphatic hydroxyl groups is 1. The predicted octanol–water partition coefficient (Wildman–Crippen LogP) is 6.39. The lowest BCUT2D eigenvalue weighted by molar-refractivity contribution is -0.171. The van der Waals surface area contributed by atoms with Gasteiger partial charge in [0.25, 0.3) is 0 Å². The number of hydrogen-bond acceptors (Lipinski definition) is 5. The van der Waals surface area contributed by atoms with Gasteiger partial charge in [-0.1, -0.05) is 51.3 Å². The van der Waals surface area contributed by atoms with Crippen LogP contribution in [0.15, 0.2) is 23.8 Å².